The van der Waals surface area contributed by atoms with E-state index in [1.165, 1.54) is 37.9 Å². The zero-order chi connectivity index (χ0) is 12.7. The van der Waals surface area contributed by atoms with Crippen LogP contribution in [0, 0.1) is 0 Å². The summed E-state index contributed by atoms with van der Waals surface area (Å²) in [7, 11) is 0. The van der Waals surface area contributed by atoms with Crippen molar-refractivity contribution in [1.82, 2.24) is 10.2 Å². The smallest absolute Gasteiger partial charge is 0.122 e. The van der Waals surface area contributed by atoms with Crippen LogP contribution in [0.5, 0.6) is 5.75 Å². The first-order valence-electron chi connectivity index (χ1n) is 7.61. The summed E-state index contributed by atoms with van der Waals surface area (Å²) in [6.07, 6.45) is 4.09. The minimum absolute atomic E-state index is 0.534. The minimum Gasteiger partial charge on any atom is -0.493 e. The van der Waals surface area contributed by atoms with E-state index in [9.17, 15) is 0 Å². The Bertz CT molecular complexity index is 462. The van der Waals surface area contributed by atoms with Crippen LogP contribution in [-0.4, -0.2) is 43.2 Å². The average molecular weight is 258 g/mol. The molecule has 4 rings (SSSR count). The summed E-state index contributed by atoms with van der Waals surface area (Å²) in [6.45, 7) is 4.51. The Kier molecular flexibility index (Phi) is 2.97. The highest BCUT2D eigenvalue weighted by Crippen LogP contribution is 2.34. The van der Waals surface area contributed by atoms with Crippen molar-refractivity contribution in [2.75, 3.05) is 26.2 Å². The van der Waals surface area contributed by atoms with Crippen molar-refractivity contribution in [2.24, 2.45) is 0 Å². The van der Waals surface area contributed by atoms with Crippen molar-refractivity contribution in [3.05, 3.63) is 29.8 Å². The number of hydrogen-bond donors (Lipinski definition) is 1. The number of nitrogens with one attached hydrogen (secondary N) is 1. The summed E-state index contributed by atoms with van der Waals surface area (Å²) in [5.74, 6) is 1.62. The summed E-state index contributed by atoms with van der Waals surface area (Å²) in [4.78, 5) is 2.66. The van der Waals surface area contributed by atoms with E-state index in [1.54, 1.807) is 0 Å². The summed E-state index contributed by atoms with van der Waals surface area (Å²) in [6, 6.07) is 9.99. The molecule has 2 fully saturated rings. The first kappa shape index (κ1) is 11.7. The lowest BCUT2D eigenvalue weighted by atomic mass is 10.00. The van der Waals surface area contributed by atoms with Crippen LogP contribution in [0.3, 0.4) is 0 Å². The molecule has 0 bridgehead atoms. The molecule has 102 valence electrons. The number of fused-ring (bicyclic) bond motifs is 2. The Labute approximate surface area is 114 Å². The van der Waals surface area contributed by atoms with Crippen molar-refractivity contribution in [3.8, 4) is 5.75 Å². The van der Waals surface area contributed by atoms with Gasteiger partial charge >= 0.3 is 0 Å². The molecule has 2 saturated heterocycles. The molecule has 3 unspecified atom stereocenters. The van der Waals surface area contributed by atoms with Crippen LogP contribution in [-0.2, 0) is 0 Å². The number of nitrogens with zero attached hydrogens (tertiary/aromatic N) is 1. The molecule has 3 aliphatic rings. The van der Waals surface area contributed by atoms with Gasteiger partial charge in [0.2, 0.25) is 0 Å². The lowest BCUT2D eigenvalue weighted by Gasteiger charge is -2.22. The molecular weight excluding hydrogens is 236 g/mol. The number of ether oxygens (including phenoxy) is 1. The first-order chi connectivity index (χ1) is 9.42. The standard InChI is InChI=1S/C16H22N2O/c1-2-6-16-13(4-1)12(11-19-16)10-17-14-7-9-18-8-3-5-15(14)18/h1-2,4,6,12,14-15,17H,3,5,7-11H2. The largest absolute Gasteiger partial charge is 0.493 e. The van der Waals surface area contributed by atoms with Crippen LogP contribution >= 0.6 is 0 Å². The van der Waals surface area contributed by atoms with E-state index in [2.05, 4.69) is 34.5 Å². The molecule has 3 nitrogen and oxygen atoms in total. The highest BCUT2D eigenvalue weighted by Gasteiger charge is 2.37. The quantitative estimate of drug-likeness (QED) is 0.897. The van der Waals surface area contributed by atoms with Crippen LogP contribution < -0.4 is 10.1 Å². The Hall–Kier alpha value is -1.06. The maximum atomic E-state index is 5.76. The van der Waals surface area contributed by atoms with E-state index < -0.39 is 0 Å². The Morgan fingerprint density at radius 1 is 1.21 bits per heavy atom. The third-order valence-corrected chi connectivity index (χ3v) is 5.03. The topological polar surface area (TPSA) is 24.5 Å². The average Bonchev–Trinajstić information content (AvgIpc) is 3.12. The second kappa shape index (κ2) is 4.80. The van der Waals surface area contributed by atoms with Gasteiger partial charge in [-0.3, -0.25) is 4.90 Å². The molecule has 1 aromatic rings. The van der Waals surface area contributed by atoms with Gasteiger partial charge in [-0.2, -0.15) is 0 Å². The SMILES string of the molecule is c1ccc2c(c1)OCC2CNC1CCN2CCCC12. The lowest BCUT2D eigenvalue weighted by Crippen LogP contribution is -2.41. The minimum atomic E-state index is 0.534. The number of benzene rings is 1. The van der Waals surface area contributed by atoms with Gasteiger partial charge in [-0.1, -0.05) is 18.2 Å². The Morgan fingerprint density at radius 2 is 2.16 bits per heavy atom. The zero-order valence-electron chi connectivity index (χ0n) is 11.3. The molecule has 0 radical (unpaired) electrons. The van der Waals surface area contributed by atoms with Gasteiger partial charge in [-0.15, -0.1) is 0 Å². The molecule has 0 amide bonds. The summed E-state index contributed by atoms with van der Waals surface area (Å²) in [5.41, 5.74) is 1.39. The summed E-state index contributed by atoms with van der Waals surface area (Å²) >= 11 is 0. The summed E-state index contributed by atoms with van der Waals surface area (Å²) < 4.78 is 5.76. The van der Waals surface area contributed by atoms with Crippen molar-refractivity contribution in [1.29, 1.82) is 0 Å². The summed E-state index contributed by atoms with van der Waals surface area (Å²) in [5, 5.41) is 3.81. The molecule has 3 heteroatoms. The Morgan fingerprint density at radius 3 is 3.16 bits per heavy atom. The van der Waals surface area contributed by atoms with Crippen molar-refractivity contribution in [2.45, 2.75) is 37.3 Å². The van der Waals surface area contributed by atoms with E-state index in [0.717, 1.165) is 24.9 Å². The van der Waals surface area contributed by atoms with Gasteiger partial charge in [0, 0.05) is 36.7 Å². The van der Waals surface area contributed by atoms with Crippen LogP contribution in [0.25, 0.3) is 0 Å². The second-order valence-electron chi connectivity index (χ2n) is 6.09. The zero-order valence-corrected chi connectivity index (χ0v) is 11.3. The third-order valence-electron chi connectivity index (χ3n) is 5.03. The highest BCUT2D eigenvalue weighted by molar-refractivity contribution is 5.39. The Balaban J connectivity index is 1.39. The molecule has 0 aromatic heterocycles. The molecule has 0 spiro atoms. The van der Waals surface area contributed by atoms with Gasteiger partial charge in [0.1, 0.15) is 5.75 Å². The maximum Gasteiger partial charge on any atom is 0.122 e. The number of hydrogen-bond acceptors (Lipinski definition) is 3. The van der Waals surface area contributed by atoms with E-state index in [1.807, 2.05) is 0 Å². The van der Waals surface area contributed by atoms with Gasteiger partial charge in [-0.05, 0) is 31.9 Å². The predicted molar refractivity (Wildman–Crippen MR) is 75.7 cm³/mol. The highest BCUT2D eigenvalue weighted by atomic mass is 16.5. The van der Waals surface area contributed by atoms with Gasteiger partial charge in [0.25, 0.3) is 0 Å². The lowest BCUT2D eigenvalue weighted by molar-refractivity contribution is 0.288. The predicted octanol–water partition coefficient (Wildman–Crippen LogP) is 1.99. The van der Waals surface area contributed by atoms with E-state index >= 15 is 0 Å². The molecule has 0 saturated carbocycles. The van der Waals surface area contributed by atoms with Crippen LogP contribution in [0.2, 0.25) is 0 Å². The normalized spacial score (nSPS) is 33.2. The van der Waals surface area contributed by atoms with E-state index in [-0.39, 0.29) is 0 Å². The van der Waals surface area contributed by atoms with Gasteiger partial charge in [-0.25, -0.2) is 0 Å². The molecule has 1 aromatic carbocycles. The van der Waals surface area contributed by atoms with Gasteiger partial charge in [0.15, 0.2) is 0 Å². The first-order valence-corrected chi connectivity index (χ1v) is 7.61. The maximum absolute atomic E-state index is 5.76. The van der Waals surface area contributed by atoms with Crippen molar-refractivity contribution >= 4 is 0 Å². The van der Waals surface area contributed by atoms with Crippen molar-refractivity contribution in [3.63, 3.8) is 0 Å². The van der Waals surface area contributed by atoms with E-state index in [0.29, 0.717) is 12.0 Å². The molecule has 19 heavy (non-hydrogen) atoms. The monoisotopic (exact) mass is 258 g/mol. The van der Waals surface area contributed by atoms with Gasteiger partial charge < -0.3 is 10.1 Å². The van der Waals surface area contributed by atoms with Crippen LogP contribution in [0.15, 0.2) is 24.3 Å². The van der Waals surface area contributed by atoms with Crippen LogP contribution in [0.4, 0.5) is 0 Å². The molecular formula is C16H22N2O. The van der Waals surface area contributed by atoms with E-state index in [4.69, 9.17) is 4.74 Å². The van der Waals surface area contributed by atoms with Crippen molar-refractivity contribution < 1.29 is 4.74 Å². The molecule has 3 aliphatic heterocycles. The molecule has 3 heterocycles. The molecule has 0 aliphatic carbocycles. The van der Waals surface area contributed by atoms with Crippen LogP contribution in [0.1, 0.15) is 30.7 Å². The fourth-order valence-electron chi connectivity index (χ4n) is 4.01. The fraction of sp³-hybridized carbons (Fsp3) is 0.625. The van der Waals surface area contributed by atoms with Gasteiger partial charge in [0.05, 0.1) is 6.61 Å². The second-order valence-corrected chi connectivity index (χ2v) is 6.09. The number of para-hydroxylation sites is 1. The third kappa shape index (κ3) is 2.05. The molecule has 3 atom stereocenters. The molecule has 1 N–H and O–H groups in total. The fourth-order valence-corrected chi connectivity index (χ4v) is 4.01. The number of rotatable bonds is 3.